The number of carbonyl (C=O) groups excluding carboxylic acids is 1. The fraction of sp³-hybridized carbons (Fsp3) is 0.273. The van der Waals surface area contributed by atoms with E-state index in [-0.39, 0.29) is 0 Å². The van der Waals surface area contributed by atoms with E-state index in [9.17, 15) is 19.1 Å². The number of halogens is 1. The Morgan fingerprint density at radius 3 is 2.44 bits per heavy atom. The second kappa shape index (κ2) is 5.97. The summed E-state index contributed by atoms with van der Waals surface area (Å²) in [6.45, 7) is 0. The smallest absolute Gasteiger partial charge is 0.405 e. The Hall–Kier alpha value is -2.15. The molecule has 98 valence electrons. The summed E-state index contributed by atoms with van der Waals surface area (Å²) in [5.74, 6) is -0.433. The van der Waals surface area contributed by atoms with Crippen LogP contribution in [0.1, 0.15) is 0 Å². The Morgan fingerprint density at radius 1 is 1.44 bits per heavy atom. The minimum Gasteiger partial charge on any atom is -0.465 e. The molecule has 0 aliphatic carbocycles. The number of amides is 1. The molecule has 0 fully saturated rings. The van der Waals surface area contributed by atoms with Crippen LogP contribution in [0.25, 0.3) is 0 Å². The van der Waals surface area contributed by atoms with E-state index in [0.717, 1.165) is 0 Å². The molecule has 1 rings (SSSR count). The van der Waals surface area contributed by atoms with Crippen molar-refractivity contribution in [1.82, 2.24) is 5.32 Å². The highest BCUT2D eigenvalue weighted by molar-refractivity contribution is 5.72. The number of aliphatic hydroxyl groups is 1. The fourth-order valence-electron chi connectivity index (χ4n) is 1.39. The normalized spacial score (nSPS) is 13.5. The van der Waals surface area contributed by atoms with Crippen LogP contribution in [0.5, 0.6) is 0 Å². The first-order chi connectivity index (χ1) is 8.45. The number of nitrogens with one attached hydrogen (secondary N) is 1. The Balaban J connectivity index is 2.81. The Labute approximate surface area is 103 Å². The number of carboxylic acid groups (broad SMARTS) is 1. The number of carbonyl (C=O) groups is 2. The summed E-state index contributed by atoms with van der Waals surface area (Å²) in [6, 6.07) is 3.90. The maximum absolute atomic E-state index is 12.7. The van der Waals surface area contributed by atoms with Gasteiger partial charge in [0.15, 0.2) is 6.23 Å². The third kappa shape index (κ3) is 3.42. The van der Waals surface area contributed by atoms with Crippen molar-refractivity contribution in [3.05, 3.63) is 30.1 Å². The number of aldehydes is 1. The Kier molecular flexibility index (Phi) is 4.61. The van der Waals surface area contributed by atoms with Gasteiger partial charge in [-0.1, -0.05) is 0 Å². The number of aliphatic hydroxyl groups excluding tert-OH is 1. The maximum atomic E-state index is 12.7. The molecule has 0 bridgehead atoms. The summed E-state index contributed by atoms with van der Waals surface area (Å²) in [7, 11) is 1.46. The van der Waals surface area contributed by atoms with E-state index in [2.05, 4.69) is 0 Å². The SMILES string of the molecule is CN(c1ccc(F)cc1)[C@@H](O)C(C=O)NC(=O)O. The summed E-state index contributed by atoms with van der Waals surface area (Å²) >= 11 is 0. The van der Waals surface area contributed by atoms with Crippen molar-refractivity contribution in [1.29, 1.82) is 0 Å². The topological polar surface area (TPSA) is 89.9 Å². The first-order valence-corrected chi connectivity index (χ1v) is 5.07. The highest BCUT2D eigenvalue weighted by atomic mass is 19.1. The van der Waals surface area contributed by atoms with Crippen LogP contribution in [-0.2, 0) is 4.79 Å². The quantitative estimate of drug-likeness (QED) is 0.524. The van der Waals surface area contributed by atoms with E-state index in [1.165, 1.54) is 36.2 Å². The number of benzene rings is 1. The molecular formula is C11H13FN2O4. The molecule has 0 aromatic heterocycles. The molecule has 0 heterocycles. The Morgan fingerprint density at radius 2 is 2.00 bits per heavy atom. The van der Waals surface area contributed by atoms with Crippen molar-refractivity contribution < 1.29 is 24.2 Å². The van der Waals surface area contributed by atoms with Crippen molar-refractivity contribution in [2.24, 2.45) is 0 Å². The predicted octanol–water partition coefficient (Wildman–Crippen LogP) is 0.415. The van der Waals surface area contributed by atoms with Gasteiger partial charge in [-0.15, -0.1) is 0 Å². The molecule has 1 aromatic rings. The molecule has 2 atom stereocenters. The molecule has 0 saturated heterocycles. The second-order valence-electron chi connectivity index (χ2n) is 3.61. The number of anilines is 1. The van der Waals surface area contributed by atoms with Crippen LogP contribution in [0, 0.1) is 5.82 Å². The average molecular weight is 256 g/mol. The largest absolute Gasteiger partial charge is 0.465 e. The van der Waals surface area contributed by atoms with Crippen molar-refractivity contribution in [2.45, 2.75) is 12.3 Å². The summed E-state index contributed by atoms with van der Waals surface area (Å²) in [4.78, 5) is 22.4. The number of nitrogens with zero attached hydrogens (tertiary/aromatic N) is 1. The van der Waals surface area contributed by atoms with Crippen LogP contribution in [0.4, 0.5) is 14.9 Å². The fourth-order valence-corrected chi connectivity index (χ4v) is 1.39. The van der Waals surface area contributed by atoms with Crippen LogP contribution in [0.3, 0.4) is 0 Å². The third-order valence-corrected chi connectivity index (χ3v) is 2.39. The van der Waals surface area contributed by atoms with Crippen molar-refractivity contribution in [2.75, 3.05) is 11.9 Å². The van der Waals surface area contributed by atoms with E-state index in [0.29, 0.717) is 12.0 Å². The van der Waals surface area contributed by atoms with Crippen LogP contribution >= 0.6 is 0 Å². The molecule has 6 nitrogen and oxygen atoms in total. The Bertz CT molecular complexity index is 424. The van der Waals surface area contributed by atoms with E-state index in [1.54, 1.807) is 0 Å². The summed E-state index contributed by atoms with van der Waals surface area (Å²) < 4.78 is 12.7. The standard InChI is InChI=1S/C11H13FN2O4/c1-14(8-4-2-7(12)3-5-8)10(16)9(6-15)13-11(17)18/h2-6,9-10,13,16H,1H3,(H,17,18)/t9?,10-/m0/s1. The van der Waals surface area contributed by atoms with Gasteiger partial charge in [0.2, 0.25) is 0 Å². The highest BCUT2D eigenvalue weighted by Crippen LogP contribution is 2.15. The highest BCUT2D eigenvalue weighted by Gasteiger charge is 2.24. The molecule has 7 heteroatoms. The summed E-state index contributed by atoms with van der Waals surface area (Å²) in [5.41, 5.74) is 0.447. The third-order valence-electron chi connectivity index (χ3n) is 2.39. The first-order valence-electron chi connectivity index (χ1n) is 5.07. The molecule has 0 aliphatic heterocycles. The average Bonchev–Trinajstić information content (AvgIpc) is 2.35. The van der Waals surface area contributed by atoms with Gasteiger partial charge in [-0.05, 0) is 24.3 Å². The van der Waals surface area contributed by atoms with Crippen molar-refractivity contribution >= 4 is 18.1 Å². The minimum atomic E-state index is -1.42. The monoisotopic (exact) mass is 256 g/mol. The van der Waals surface area contributed by atoms with Gasteiger partial charge in [0, 0.05) is 12.7 Å². The van der Waals surface area contributed by atoms with Crippen molar-refractivity contribution in [3.8, 4) is 0 Å². The van der Waals surface area contributed by atoms with E-state index in [4.69, 9.17) is 5.11 Å². The first kappa shape index (κ1) is 13.9. The summed E-state index contributed by atoms with van der Waals surface area (Å²) in [5, 5.41) is 20.2. The van der Waals surface area contributed by atoms with E-state index >= 15 is 0 Å². The lowest BCUT2D eigenvalue weighted by Gasteiger charge is -2.29. The lowest BCUT2D eigenvalue weighted by atomic mass is 10.2. The molecule has 0 spiro atoms. The molecule has 0 radical (unpaired) electrons. The number of likely N-dealkylation sites (N-methyl/N-ethyl adjacent to an activating group) is 1. The molecule has 1 unspecified atom stereocenters. The van der Waals surface area contributed by atoms with Crippen LogP contribution in [0.2, 0.25) is 0 Å². The van der Waals surface area contributed by atoms with Crippen molar-refractivity contribution in [3.63, 3.8) is 0 Å². The van der Waals surface area contributed by atoms with Gasteiger partial charge in [0.25, 0.3) is 0 Å². The number of rotatable bonds is 5. The van der Waals surface area contributed by atoms with E-state index in [1.807, 2.05) is 5.32 Å². The molecule has 18 heavy (non-hydrogen) atoms. The maximum Gasteiger partial charge on any atom is 0.405 e. The van der Waals surface area contributed by atoms with Gasteiger partial charge < -0.3 is 25.2 Å². The molecule has 3 N–H and O–H groups in total. The lowest BCUT2D eigenvalue weighted by Crippen LogP contribution is -2.51. The van der Waals surface area contributed by atoms with Gasteiger partial charge in [0.05, 0.1) is 0 Å². The lowest BCUT2D eigenvalue weighted by molar-refractivity contribution is -0.111. The van der Waals surface area contributed by atoms with Gasteiger partial charge in [-0.25, -0.2) is 9.18 Å². The van der Waals surface area contributed by atoms with Crippen LogP contribution < -0.4 is 10.2 Å². The predicted molar refractivity (Wildman–Crippen MR) is 61.8 cm³/mol. The molecule has 0 saturated carbocycles. The zero-order valence-corrected chi connectivity index (χ0v) is 9.58. The molecule has 0 aliphatic rings. The zero-order chi connectivity index (χ0) is 13.7. The van der Waals surface area contributed by atoms with Gasteiger partial charge >= 0.3 is 6.09 Å². The second-order valence-corrected chi connectivity index (χ2v) is 3.61. The molecule has 1 aromatic carbocycles. The summed E-state index contributed by atoms with van der Waals surface area (Å²) in [6.07, 6.45) is -2.51. The number of hydrogen-bond acceptors (Lipinski definition) is 4. The zero-order valence-electron chi connectivity index (χ0n) is 9.58. The van der Waals surface area contributed by atoms with Gasteiger partial charge in [0.1, 0.15) is 18.1 Å². The number of hydrogen-bond donors (Lipinski definition) is 3. The van der Waals surface area contributed by atoms with Crippen LogP contribution in [-0.4, -0.2) is 41.9 Å². The molecule has 1 amide bonds. The molecular weight excluding hydrogens is 243 g/mol. The van der Waals surface area contributed by atoms with Gasteiger partial charge in [-0.2, -0.15) is 0 Å². The van der Waals surface area contributed by atoms with Crippen LogP contribution in [0.15, 0.2) is 24.3 Å². The van der Waals surface area contributed by atoms with E-state index < -0.39 is 24.2 Å². The minimum absolute atomic E-state index is 0.290. The van der Waals surface area contributed by atoms with Gasteiger partial charge in [-0.3, -0.25) is 0 Å².